The van der Waals surface area contributed by atoms with Gasteiger partial charge in [-0.25, -0.2) is 4.39 Å². The number of benzene rings is 5. The summed E-state index contributed by atoms with van der Waals surface area (Å²) in [4.78, 5) is 0. The Kier molecular flexibility index (Phi) is 6.35. The van der Waals surface area contributed by atoms with E-state index in [4.69, 9.17) is 0 Å². The zero-order valence-corrected chi connectivity index (χ0v) is 19.2. The molecule has 0 aliphatic carbocycles. The fourth-order valence-corrected chi connectivity index (χ4v) is 5.01. The van der Waals surface area contributed by atoms with Gasteiger partial charge in [0.15, 0.2) is 0 Å². The predicted octanol–water partition coefficient (Wildman–Crippen LogP) is 8.49. The lowest BCUT2D eigenvalue weighted by Crippen LogP contribution is -2.11. The van der Waals surface area contributed by atoms with Gasteiger partial charge < -0.3 is 0 Å². The van der Waals surface area contributed by atoms with Gasteiger partial charge in [0.2, 0.25) is 0 Å². The summed E-state index contributed by atoms with van der Waals surface area (Å²) >= 11 is 0. The molecule has 0 unspecified atom stereocenters. The summed E-state index contributed by atoms with van der Waals surface area (Å²) in [6.07, 6.45) is 0. The third-order valence-electron chi connectivity index (χ3n) is 6.61. The summed E-state index contributed by atoms with van der Waals surface area (Å²) in [7, 11) is 0. The van der Waals surface area contributed by atoms with Crippen molar-refractivity contribution >= 4 is 0 Å². The van der Waals surface area contributed by atoms with Crippen LogP contribution in [0.25, 0.3) is 0 Å². The van der Waals surface area contributed by atoms with Crippen molar-refractivity contribution in [3.05, 3.63) is 178 Å². The Balaban J connectivity index is 1.75. The zero-order chi connectivity index (χ0) is 23.3. The lowest BCUT2D eigenvalue weighted by atomic mass is 9.77. The van der Waals surface area contributed by atoms with Crippen molar-refractivity contribution in [1.82, 2.24) is 0 Å². The summed E-state index contributed by atoms with van der Waals surface area (Å²) in [5, 5.41) is 0. The van der Waals surface area contributed by atoms with Crippen molar-refractivity contribution in [3.63, 3.8) is 0 Å². The van der Waals surface area contributed by atoms with Crippen molar-refractivity contribution in [1.29, 1.82) is 0 Å². The first-order valence-electron chi connectivity index (χ1n) is 11.7. The molecule has 5 aromatic carbocycles. The quantitative estimate of drug-likeness (QED) is 0.231. The van der Waals surface area contributed by atoms with Crippen molar-refractivity contribution in [2.24, 2.45) is 0 Å². The average molecular weight is 443 g/mol. The minimum Gasteiger partial charge on any atom is -0.207 e. The van der Waals surface area contributed by atoms with Gasteiger partial charge in [-0.1, -0.05) is 121 Å². The summed E-state index contributed by atoms with van der Waals surface area (Å²) in [5.74, 6) is -0.308. The Hall–Kier alpha value is -3.97. The average Bonchev–Trinajstić information content (AvgIpc) is 2.89. The van der Waals surface area contributed by atoms with Crippen LogP contribution in [-0.2, 0) is 0 Å². The lowest BCUT2D eigenvalue weighted by Gasteiger charge is -2.26. The van der Waals surface area contributed by atoms with Gasteiger partial charge in [-0.05, 0) is 58.0 Å². The van der Waals surface area contributed by atoms with Crippen LogP contribution in [0.3, 0.4) is 0 Å². The second kappa shape index (κ2) is 9.89. The number of halogens is 1. The SMILES string of the molecule is Cc1c(C(c2ccccc2)c2ccccc2)cc(F)cc1C(c1ccccc1)c1ccccc1. The highest BCUT2D eigenvalue weighted by Crippen LogP contribution is 2.40. The molecule has 0 heterocycles. The zero-order valence-electron chi connectivity index (χ0n) is 19.2. The molecule has 0 saturated heterocycles. The van der Waals surface area contributed by atoms with Gasteiger partial charge in [0, 0.05) is 11.8 Å². The van der Waals surface area contributed by atoms with Crippen LogP contribution in [0.4, 0.5) is 4.39 Å². The molecule has 34 heavy (non-hydrogen) atoms. The number of hydrogen-bond acceptors (Lipinski definition) is 0. The van der Waals surface area contributed by atoms with Crippen molar-refractivity contribution in [2.45, 2.75) is 18.8 Å². The molecule has 1 heteroatoms. The van der Waals surface area contributed by atoms with E-state index in [1.54, 1.807) is 12.1 Å². The smallest absolute Gasteiger partial charge is 0.123 e. The van der Waals surface area contributed by atoms with Gasteiger partial charge >= 0.3 is 0 Å². The summed E-state index contributed by atoms with van der Waals surface area (Å²) in [6.45, 7) is 2.14. The van der Waals surface area contributed by atoms with E-state index in [9.17, 15) is 0 Å². The van der Waals surface area contributed by atoms with E-state index in [1.165, 1.54) is 0 Å². The molecule has 0 amide bonds. The van der Waals surface area contributed by atoms with Crippen LogP contribution in [0.5, 0.6) is 0 Å². The lowest BCUT2D eigenvalue weighted by molar-refractivity contribution is 0.620. The summed E-state index contributed by atoms with van der Waals surface area (Å²) < 4.78 is 15.4. The summed E-state index contributed by atoms with van der Waals surface area (Å²) in [5.41, 5.74) is 7.76. The van der Waals surface area contributed by atoms with Crippen LogP contribution in [-0.4, -0.2) is 0 Å². The Morgan fingerprint density at radius 3 is 0.971 bits per heavy atom. The Bertz CT molecular complexity index is 1160. The van der Waals surface area contributed by atoms with E-state index in [2.05, 4.69) is 104 Å². The van der Waals surface area contributed by atoms with E-state index in [0.717, 1.165) is 38.9 Å². The van der Waals surface area contributed by atoms with Crippen LogP contribution >= 0.6 is 0 Å². The highest BCUT2D eigenvalue weighted by atomic mass is 19.1. The molecule has 166 valence electrons. The molecule has 0 nitrogen and oxygen atoms in total. The van der Waals surface area contributed by atoms with Crippen LogP contribution in [0.15, 0.2) is 133 Å². The number of hydrogen-bond donors (Lipinski definition) is 0. The van der Waals surface area contributed by atoms with Gasteiger partial charge in [-0.15, -0.1) is 0 Å². The van der Waals surface area contributed by atoms with Gasteiger partial charge in [-0.2, -0.15) is 0 Å². The van der Waals surface area contributed by atoms with E-state index in [0.29, 0.717) is 0 Å². The highest BCUT2D eigenvalue weighted by Gasteiger charge is 2.25. The van der Waals surface area contributed by atoms with Crippen LogP contribution in [0.1, 0.15) is 50.8 Å². The van der Waals surface area contributed by atoms with E-state index in [1.807, 2.05) is 24.3 Å². The topological polar surface area (TPSA) is 0 Å². The highest BCUT2D eigenvalue weighted by molar-refractivity contribution is 5.53. The maximum absolute atomic E-state index is 15.4. The van der Waals surface area contributed by atoms with Gasteiger partial charge in [0.05, 0.1) is 0 Å². The Morgan fingerprint density at radius 2 is 0.706 bits per heavy atom. The minimum atomic E-state index is -0.204. The maximum Gasteiger partial charge on any atom is 0.123 e. The molecule has 0 spiro atoms. The molecule has 0 saturated carbocycles. The maximum atomic E-state index is 15.4. The molecule has 0 N–H and O–H groups in total. The normalized spacial score (nSPS) is 11.2. The first kappa shape index (κ1) is 21.9. The van der Waals surface area contributed by atoms with E-state index in [-0.39, 0.29) is 17.7 Å². The molecule has 0 radical (unpaired) electrons. The van der Waals surface area contributed by atoms with Gasteiger partial charge in [0.1, 0.15) is 5.82 Å². The number of rotatable bonds is 6. The van der Waals surface area contributed by atoms with Crippen LogP contribution in [0.2, 0.25) is 0 Å². The minimum absolute atomic E-state index is 0.0518. The van der Waals surface area contributed by atoms with Crippen molar-refractivity contribution in [3.8, 4) is 0 Å². The third kappa shape index (κ3) is 4.43. The molecule has 0 aliphatic rings. The largest absolute Gasteiger partial charge is 0.207 e. The van der Waals surface area contributed by atoms with Crippen molar-refractivity contribution < 1.29 is 4.39 Å². The van der Waals surface area contributed by atoms with Crippen LogP contribution in [0, 0.1) is 12.7 Å². The molecule has 0 atom stereocenters. The molecular weight excluding hydrogens is 415 g/mol. The van der Waals surface area contributed by atoms with Gasteiger partial charge in [0.25, 0.3) is 0 Å². The first-order valence-corrected chi connectivity index (χ1v) is 11.7. The second-order valence-electron chi connectivity index (χ2n) is 8.72. The molecule has 5 rings (SSSR count). The predicted molar refractivity (Wildman–Crippen MR) is 139 cm³/mol. The van der Waals surface area contributed by atoms with Gasteiger partial charge in [-0.3, -0.25) is 0 Å². The molecule has 0 aromatic heterocycles. The standard InChI is InChI=1S/C33H27F/c1-24-30(32(25-14-6-2-7-15-25)26-16-8-3-9-17-26)22-29(34)23-31(24)33(27-18-10-4-11-19-27)28-20-12-5-13-21-28/h2-23,32-33H,1H3. The Morgan fingerprint density at radius 1 is 0.441 bits per heavy atom. The first-order chi connectivity index (χ1) is 16.7. The monoisotopic (exact) mass is 442 g/mol. The molecular formula is C33H27F. The molecule has 0 bridgehead atoms. The fourth-order valence-electron chi connectivity index (χ4n) is 5.01. The second-order valence-corrected chi connectivity index (χ2v) is 8.72. The Labute approximate surface area is 201 Å². The molecule has 0 aliphatic heterocycles. The fraction of sp³-hybridized carbons (Fsp3) is 0.0909. The molecule has 5 aromatic rings. The van der Waals surface area contributed by atoms with Crippen LogP contribution < -0.4 is 0 Å². The van der Waals surface area contributed by atoms with E-state index >= 15 is 4.39 Å². The third-order valence-corrected chi connectivity index (χ3v) is 6.61. The summed E-state index contributed by atoms with van der Waals surface area (Å²) in [6, 6.07) is 45.0. The van der Waals surface area contributed by atoms with E-state index < -0.39 is 0 Å². The molecule has 0 fully saturated rings. The van der Waals surface area contributed by atoms with Crippen molar-refractivity contribution in [2.75, 3.05) is 0 Å².